The standard InChI is InChI=1S/C21H27N7O.C4H10O/c1-28(2)13-16-7-8-25-21(27-16)26-15-3-5-17(6-4-15)29-19-12-14(22)11-18-20(19)24-10-9-23-18;1-3-5-4-2/h7-12,15,17H,3-6,13,22H2,1-2H3,(H,25,26,27);3-4H2,1-2H3. The van der Waals surface area contributed by atoms with E-state index in [1.54, 1.807) is 12.4 Å². The molecule has 3 aromatic rings. The monoisotopic (exact) mass is 467 g/mol. The molecule has 0 amide bonds. The van der Waals surface area contributed by atoms with E-state index in [0.29, 0.717) is 23.4 Å². The Hall–Kier alpha value is -3.04. The van der Waals surface area contributed by atoms with E-state index in [0.717, 1.165) is 62.2 Å². The molecule has 2 heterocycles. The van der Waals surface area contributed by atoms with Gasteiger partial charge in [-0.3, -0.25) is 4.98 Å². The fourth-order valence-electron chi connectivity index (χ4n) is 3.92. The molecule has 1 fully saturated rings. The zero-order chi connectivity index (χ0) is 24.3. The molecule has 34 heavy (non-hydrogen) atoms. The number of rotatable bonds is 8. The van der Waals surface area contributed by atoms with Crippen LogP contribution in [-0.4, -0.2) is 64.3 Å². The molecule has 0 radical (unpaired) electrons. The van der Waals surface area contributed by atoms with Crippen LogP contribution >= 0.6 is 0 Å². The molecule has 0 aliphatic heterocycles. The third-order valence-corrected chi connectivity index (χ3v) is 5.46. The van der Waals surface area contributed by atoms with Gasteiger partial charge in [0.1, 0.15) is 11.3 Å². The zero-order valence-electron chi connectivity index (χ0n) is 20.7. The quantitative estimate of drug-likeness (QED) is 0.476. The molecule has 4 rings (SSSR count). The normalized spacial score (nSPS) is 17.8. The first-order valence-corrected chi connectivity index (χ1v) is 12.0. The van der Waals surface area contributed by atoms with Gasteiger partial charge in [0.25, 0.3) is 0 Å². The molecule has 0 saturated heterocycles. The van der Waals surface area contributed by atoms with Crippen LogP contribution in [0.15, 0.2) is 36.8 Å². The summed E-state index contributed by atoms with van der Waals surface area (Å²) in [5, 5.41) is 3.48. The lowest BCUT2D eigenvalue weighted by molar-refractivity contribution is 0.152. The summed E-state index contributed by atoms with van der Waals surface area (Å²) in [7, 11) is 4.07. The summed E-state index contributed by atoms with van der Waals surface area (Å²) in [5.41, 5.74) is 9.17. The molecular weight excluding hydrogens is 430 g/mol. The van der Waals surface area contributed by atoms with E-state index in [4.69, 9.17) is 15.2 Å². The summed E-state index contributed by atoms with van der Waals surface area (Å²) in [4.78, 5) is 19.8. The predicted octanol–water partition coefficient (Wildman–Crippen LogP) is 3.91. The maximum absolute atomic E-state index is 6.26. The van der Waals surface area contributed by atoms with E-state index in [2.05, 4.69) is 30.2 Å². The summed E-state index contributed by atoms with van der Waals surface area (Å²) in [6.45, 7) is 6.47. The molecule has 1 aromatic carbocycles. The Labute approximate surface area is 202 Å². The topological polar surface area (TPSA) is 111 Å². The van der Waals surface area contributed by atoms with Crippen LogP contribution in [0.25, 0.3) is 11.0 Å². The van der Waals surface area contributed by atoms with E-state index in [-0.39, 0.29) is 6.10 Å². The van der Waals surface area contributed by atoms with Gasteiger partial charge in [0.05, 0.1) is 17.3 Å². The molecule has 9 heteroatoms. The average Bonchev–Trinajstić information content (AvgIpc) is 2.81. The Morgan fingerprint density at radius 3 is 2.41 bits per heavy atom. The van der Waals surface area contributed by atoms with Gasteiger partial charge in [0.2, 0.25) is 5.95 Å². The molecule has 184 valence electrons. The third kappa shape index (κ3) is 7.78. The summed E-state index contributed by atoms with van der Waals surface area (Å²) < 4.78 is 11.1. The fraction of sp³-hybridized carbons (Fsp3) is 0.520. The van der Waals surface area contributed by atoms with Crippen LogP contribution in [0, 0.1) is 0 Å². The number of hydrogen-bond donors (Lipinski definition) is 2. The third-order valence-electron chi connectivity index (χ3n) is 5.46. The Bertz CT molecular complexity index is 1020. The summed E-state index contributed by atoms with van der Waals surface area (Å²) in [6.07, 6.45) is 9.19. The highest BCUT2D eigenvalue weighted by Gasteiger charge is 2.24. The van der Waals surface area contributed by atoms with Gasteiger partial charge in [-0.1, -0.05) is 0 Å². The van der Waals surface area contributed by atoms with Gasteiger partial charge in [0, 0.05) is 56.1 Å². The molecule has 1 saturated carbocycles. The van der Waals surface area contributed by atoms with Crippen molar-refractivity contribution in [2.24, 2.45) is 0 Å². The molecule has 9 nitrogen and oxygen atoms in total. The van der Waals surface area contributed by atoms with Crippen molar-refractivity contribution in [3.63, 3.8) is 0 Å². The second-order valence-corrected chi connectivity index (χ2v) is 8.57. The molecule has 1 aliphatic rings. The second-order valence-electron chi connectivity index (χ2n) is 8.57. The highest BCUT2D eigenvalue weighted by Crippen LogP contribution is 2.30. The van der Waals surface area contributed by atoms with E-state index < -0.39 is 0 Å². The summed E-state index contributed by atoms with van der Waals surface area (Å²) >= 11 is 0. The number of nitrogen functional groups attached to an aromatic ring is 1. The zero-order valence-corrected chi connectivity index (χ0v) is 20.7. The number of benzene rings is 1. The van der Waals surface area contributed by atoms with Crippen molar-refractivity contribution in [3.05, 3.63) is 42.5 Å². The fourth-order valence-corrected chi connectivity index (χ4v) is 3.92. The van der Waals surface area contributed by atoms with Crippen LogP contribution in [0.1, 0.15) is 45.2 Å². The number of hydrogen-bond acceptors (Lipinski definition) is 9. The van der Waals surface area contributed by atoms with Crippen molar-refractivity contribution in [3.8, 4) is 5.75 Å². The van der Waals surface area contributed by atoms with Crippen molar-refractivity contribution < 1.29 is 9.47 Å². The first kappa shape index (κ1) is 25.6. The number of nitrogens with one attached hydrogen (secondary N) is 1. The van der Waals surface area contributed by atoms with Gasteiger partial charge >= 0.3 is 0 Å². The number of nitrogens with two attached hydrogens (primary N) is 1. The van der Waals surface area contributed by atoms with Crippen LogP contribution in [-0.2, 0) is 11.3 Å². The first-order valence-electron chi connectivity index (χ1n) is 12.0. The van der Waals surface area contributed by atoms with Crippen molar-refractivity contribution in [2.75, 3.05) is 38.4 Å². The minimum Gasteiger partial charge on any atom is -0.488 e. The highest BCUT2D eigenvalue weighted by molar-refractivity contribution is 5.84. The number of ether oxygens (including phenoxy) is 2. The van der Waals surface area contributed by atoms with Gasteiger partial charge in [-0.05, 0) is 65.8 Å². The summed E-state index contributed by atoms with van der Waals surface area (Å²) in [6, 6.07) is 5.96. The lowest BCUT2D eigenvalue weighted by Crippen LogP contribution is -2.32. The smallest absolute Gasteiger partial charge is 0.223 e. The maximum atomic E-state index is 6.26. The van der Waals surface area contributed by atoms with Crippen LogP contribution in [0.2, 0.25) is 0 Å². The molecule has 2 aromatic heterocycles. The minimum absolute atomic E-state index is 0.140. The van der Waals surface area contributed by atoms with Gasteiger partial charge in [-0.2, -0.15) is 0 Å². The lowest BCUT2D eigenvalue weighted by Gasteiger charge is -2.29. The first-order chi connectivity index (χ1) is 16.5. The van der Waals surface area contributed by atoms with E-state index in [1.165, 1.54) is 0 Å². The number of nitrogens with zero attached hydrogens (tertiary/aromatic N) is 5. The van der Waals surface area contributed by atoms with Crippen LogP contribution in [0.5, 0.6) is 5.75 Å². The Morgan fingerprint density at radius 2 is 1.74 bits per heavy atom. The van der Waals surface area contributed by atoms with Crippen molar-refractivity contribution in [1.29, 1.82) is 0 Å². The molecule has 0 unspecified atom stereocenters. The second kappa shape index (κ2) is 13.0. The number of fused-ring (bicyclic) bond motifs is 1. The largest absolute Gasteiger partial charge is 0.488 e. The average molecular weight is 468 g/mol. The van der Waals surface area contributed by atoms with Crippen molar-refractivity contribution >= 4 is 22.7 Å². The van der Waals surface area contributed by atoms with Crippen LogP contribution in [0.4, 0.5) is 11.6 Å². The maximum Gasteiger partial charge on any atom is 0.223 e. The number of anilines is 2. The SMILES string of the molecule is CCOCC.CN(C)Cc1ccnc(NC2CCC(Oc3cc(N)cc4nccnc34)CC2)n1. The number of aromatic nitrogens is 4. The van der Waals surface area contributed by atoms with Crippen LogP contribution in [0.3, 0.4) is 0 Å². The molecule has 3 N–H and O–H groups in total. The van der Waals surface area contributed by atoms with Gasteiger partial charge in [-0.15, -0.1) is 0 Å². The highest BCUT2D eigenvalue weighted by atomic mass is 16.5. The van der Waals surface area contributed by atoms with E-state index >= 15 is 0 Å². The molecule has 0 atom stereocenters. The predicted molar refractivity (Wildman–Crippen MR) is 136 cm³/mol. The lowest BCUT2D eigenvalue weighted by atomic mass is 9.93. The van der Waals surface area contributed by atoms with Gasteiger partial charge < -0.3 is 25.4 Å². The van der Waals surface area contributed by atoms with E-state index in [1.807, 2.05) is 52.3 Å². The molecule has 1 aliphatic carbocycles. The Balaban J connectivity index is 0.000000588. The molecule has 0 spiro atoms. The van der Waals surface area contributed by atoms with E-state index in [9.17, 15) is 0 Å². The molecule has 0 bridgehead atoms. The Kier molecular flexibility index (Phi) is 9.78. The minimum atomic E-state index is 0.140. The van der Waals surface area contributed by atoms with Crippen molar-refractivity contribution in [1.82, 2.24) is 24.8 Å². The van der Waals surface area contributed by atoms with Crippen molar-refractivity contribution in [2.45, 2.75) is 58.2 Å². The van der Waals surface area contributed by atoms with Gasteiger partial charge in [-0.25, -0.2) is 15.0 Å². The Morgan fingerprint density at radius 1 is 1.00 bits per heavy atom. The molecular formula is C25H37N7O2. The van der Waals surface area contributed by atoms with Crippen LogP contribution < -0.4 is 15.8 Å². The summed E-state index contributed by atoms with van der Waals surface area (Å²) in [5.74, 6) is 1.41. The van der Waals surface area contributed by atoms with Gasteiger partial charge in [0.15, 0.2) is 0 Å².